The summed E-state index contributed by atoms with van der Waals surface area (Å²) in [5.41, 5.74) is -0.956. The number of aliphatic hydroxyl groups is 1. The molecule has 0 spiro atoms. The number of hydrogen-bond donors (Lipinski definition) is 1. The smallest absolute Gasteiger partial charge is 0.314 e. The van der Waals surface area contributed by atoms with Crippen LogP contribution in [0, 0.1) is 0 Å². The molecule has 4 rings (SSSR count). The number of carbonyl (C=O) groups is 3. The lowest BCUT2D eigenvalue weighted by molar-refractivity contribution is -0.00430. The largest absolute Gasteiger partial charge is 0.494 e. The Kier molecular flexibility index (Phi) is 37.5. The number of nitrogens with zero attached hydrogens (tertiary/aromatic N) is 1. The highest BCUT2D eigenvalue weighted by atomic mass is 28.5. The topological polar surface area (TPSA) is 195 Å². The lowest BCUT2D eigenvalue weighted by atomic mass is 9.91. The van der Waals surface area contributed by atoms with Gasteiger partial charge < -0.3 is 63.0 Å². The molecule has 1 N–H and O–H groups in total. The Labute approximate surface area is 603 Å². The van der Waals surface area contributed by atoms with Crippen molar-refractivity contribution in [1.82, 2.24) is 4.90 Å². The van der Waals surface area contributed by atoms with E-state index in [0.29, 0.717) is 88.5 Å². The van der Waals surface area contributed by atoms with Gasteiger partial charge in [0.05, 0.1) is 38.6 Å². The molecular weight excluding hydrogens is 1390 g/mol. The predicted molar refractivity (Wildman–Crippen MR) is 423 cm³/mol. The second kappa shape index (κ2) is 40.1. The van der Waals surface area contributed by atoms with Gasteiger partial charge in [0.2, 0.25) is 0 Å². The highest BCUT2D eigenvalue weighted by molar-refractivity contribution is 6.89. The molecule has 0 bridgehead atoms. The Morgan fingerprint density at radius 3 is 0.980 bits per heavy atom. The van der Waals surface area contributed by atoms with Crippen LogP contribution in [0.5, 0.6) is 17.2 Å². The molecule has 1 aliphatic heterocycles. The van der Waals surface area contributed by atoms with E-state index in [4.69, 9.17) is 57.8 Å². The van der Waals surface area contributed by atoms with E-state index in [-0.39, 0.29) is 17.3 Å². The summed E-state index contributed by atoms with van der Waals surface area (Å²) in [4.78, 5) is 40.1. The third-order valence-electron chi connectivity index (χ3n) is 14.5. The van der Waals surface area contributed by atoms with Crippen LogP contribution in [-0.2, 0) is 43.6 Å². The van der Waals surface area contributed by atoms with E-state index in [9.17, 15) is 19.5 Å². The Morgan fingerprint density at radius 1 is 0.398 bits per heavy atom. The van der Waals surface area contributed by atoms with Gasteiger partial charge in [-0.3, -0.25) is 19.3 Å². The average Bonchev–Trinajstić information content (AvgIpc) is 0.821. The number of ether oxygens (including phenoxy) is 7. The average molecular weight is 1530 g/mol. The molecule has 18 nitrogen and oxygen atoms in total. The zero-order valence-corrected chi connectivity index (χ0v) is 75.3. The van der Waals surface area contributed by atoms with E-state index < -0.39 is 92.3 Å². The predicted octanol–water partition coefficient (Wildman–Crippen LogP) is 17.4. The minimum atomic E-state index is -2.23. The zero-order valence-electron chi connectivity index (χ0n) is 66.3. The quantitative estimate of drug-likeness (QED) is 0.0319. The van der Waals surface area contributed by atoms with Gasteiger partial charge in [0.15, 0.2) is 67.3 Å². The summed E-state index contributed by atoms with van der Waals surface area (Å²) in [5, 5.41) is 9.81. The maximum Gasteiger partial charge on any atom is 0.314 e. The Morgan fingerprint density at radius 2 is 0.684 bits per heavy atom. The van der Waals surface area contributed by atoms with E-state index in [0.717, 1.165) is 68.4 Å². The highest BCUT2D eigenvalue weighted by Gasteiger charge is 2.43. The van der Waals surface area contributed by atoms with Gasteiger partial charge in [-0.25, -0.2) is 0 Å². The van der Waals surface area contributed by atoms with Crippen LogP contribution in [0.3, 0.4) is 0 Å². The second-order valence-corrected chi connectivity index (χ2v) is 72.0. The lowest BCUT2D eigenvalue weighted by Crippen LogP contribution is -2.54. The fourth-order valence-electron chi connectivity index (χ4n) is 11.3. The molecule has 0 saturated carbocycles. The van der Waals surface area contributed by atoms with Gasteiger partial charge in [-0.1, -0.05) is 6.92 Å². The summed E-state index contributed by atoms with van der Waals surface area (Å²) in [5.74, 6) is 1.97. The monoisotopic (exact) mass is 1530 g/mol. The van der Waals surface area contributed by atoms with E-state index in [2.05, 4.69) is 142 Å². The molecule has 27 heteroatoms. The van der Waals surface area contributed by atoms with Crippen LogP contribution in [-0.4, -0.2) is 199 Å². The Hall–Kier alpha value is -2.46. The molecule has 1 fully saturated rings. The standard InChI is InChI=1S/C25H48O6Si3.C24H45NO5Si3.C22H42O6Si3/c1-11-17-29-25(2,3)24(26)22-13-15-23(16-14-22)28-20-19-27-18-12-21-34(10,30-32(4,5)6)31-33(7,8)9;1-24(2,25-15-18-27-19-16-25)23(26)21-11-13-22(14-12-21)28-17-10-20-33(9,29-31(3,4)5)30-32(6,7)8;1-22(2,24)21(23)19-11-13-20(14-12-19)26-17-16-25-15-10-18-31(9,27-29(3,4)5)28-30(6,7)8/h13-16H,11-12,17-21H2,1-10H3;11-14H,10,15-20H2,1-9H3;11-14,24H,10,15-18H2,1-9H3. The molecule has 0 aromatic heterocycles. The van der Waals surface area contributed by atoms with Crippen LogP contribution in [0.4, 0.5) is 0 Å². The maximum absolute atomic E-state index is 13.1. The summed E-state index contributed by atoms with van der Waals surface area (Å²) in [7, 11) is -16.7. The molecule has 0 atom stereocenters. The van der Waals surface area contributed by atoms with Crippen LogP contribution < -0.4 is 14.2 Å². The van der Waals surface area contributed by atoms with E-state index in [1.54, 1.807) is 36.4 Å². The number of rotatable bonds is 43. The van der Waals surface area contributed by atoms with Crippen molar-refractivity contribution in [1.29, 1.82) is 0 Å². The van der Waals surface area contributed by atoms with Crippen molar-refractivity contribution in [2.75, 3.05) is 79.2 Å². The number of carbonyl (C=O) groups excluding carboxylic acids is 3. The third-order valence-corrected chi connectivity index (χ3v) is 43.3. The van der Waals surface area contributed by atoms with Crippen molar-refractivity contribution in [3.05, 3.63) is 89.5 Å². The van der Waals surface area contributed by atoms with Gasteiger partial charge in [0, 0.05) is 49.6 Å². The van der Waals surface area contributed by atoms with Gasteiger partial charge in [-0.15, -0.1) is 0 Å². The Balaban J connectivity index is 0.000000501. The summed E-state index contributed by atoms with van der Waals surface area (Å²) in [6.07, 6.45) is 3.60. The first-order chi connectivity index (χ1) is 44.7. The first-order valence-corrected chi connectivity index (χ1v) is 63.6. The summed E-state index contributed by atoms with van der Waals surface area (Å²) in [6.45, 7) is 66.5. The molecule has 0 amide bonds. The lowest BCUT2D eigenvalue weighted by Gasteiger charge is -2.39. The van der Waals surface area contributed by atoms with Crippen LogP contribution in [0.15, 0.2) is 72.8 Å². The SMILES string of the molecule is CC(C)(C(=O)c1ccc(OCCC[Si](C)(O[Si](C)(C)C)O[Si](C)(C)C)cc1)N1CCOCC1.CC(C)(O)C(=O)c1ccc(OCCOCCC[Si](C)(O[Si](C)(C)C)O[Si](C)(C)C)cc1.CCCOC(C)(C)C(=O)c1ccc(OCCOCCC[Si](C)(O[Si](C)(C)C)O[Si](C)(C)C)cc1. The van der Waals surface area contributed by atoms with Crippen LogP contribution in [0.1, 0.15) is 105 Å². The zero-order chi connectivity index (χ0) is 74.9. The summed E-state index contributed by atoms with van der Waals surface area (Å²) in [6, 6.07) is 24.4. The fourth-order valence-corrected chi connectivity index (χ4v) is 48.8. The van der Waals surface area contributed by atoms with Gasteiger partial charge in [0.1, 0.15) is 41.7 Å². The number of Topliss-reactive ketones (excluding diaryl/α,β-unsaturated/α-hetero) is 3. The van der Waals surface area contributed by atoms with E-state index in [1.807, 2.05) is 71.0 Å². The Bertz CT molecular complexity index is 2750. The van der Waals surface area contributed by atoms with E-state index >= 15 is 0 Å². The molecule has 0 radical (unpaired) electrons. The number of morpholine rings is 1. The number of ketones is 3. The van der Waals surface area contributed by atoms with Crippen molar-refractivity contribution in [3.8, 4) is 17.2 Å². The summed E-state index contributed by atoms with van der Waals surface area (Å²) >= 11 is 0. The van der Waals surface area contributed by atoms with Gasteiger partial charge in [0.25, 0.3) is 0 Å². The van der Waals surface area contributed by atoms with Crippen molar-refractivity contribution in [2.24, 2.45) is 0 Å². The molecule has 3 aromatic rings. The van der Waals surface area contributed by atoms with Crippen LogP contribution in [0.25, 0.3) is 0 Å². The molecule has 3 aromatic carbocycles. The van der Waals surface area contributed by atoms with Crippen LogP contribution >= 0.6 is 0 Å². The molecule has 0 aliphatic carbocycles. The number of hydrogen-bond acceptors (Lipinski definition) is 18. The highest BCUT2D eigenvalue weighted by Crippen LogP contribution is 2.31. The number of benzene rings is 3. The third kappa shape index (κ3) is 39.4. The fraction of sp³-hybridized carbons (Fsp3) is 0.704. The van der Waals surface area contributed by atoms with Gasteiger partial charge in [-0.05, 0) is 296 Å². The first kappa shape index (κ1) is 91.6. The molecule has 1 aliphatic rings. The van der Waals surface area contributed by atoms with Crippen molar-refractivity contribution in [3.63, 3.8) is 0 Å². The molecule has 562 valence electrons. The normalized spacial score (nSPS) is 14.4. The minimum absolute atomic E-state index is 0.0254. The van der Waals surface area contributed by atoms with Gasteiger partial charge in [-0.2, -0.15) is 0 Å². The first-order valence-electron chi connectivity index (χ1n) is 35.6. The van der Waals surface area contributed by atoms with Crippen molar-refractivity contribution in [2.45, 2.75) is 247 Å². The van der Waals surface area contributed by atoms with E-state index in [1.165, 1.54) is 13.8 Å². The summed E-state index contributed by atoms with van der Waals surface area (Å²) < 4.78 is 79.3. The minimum Gasteiger partial charge on any atom is -0.494 e. The van der Waals surface area contributed by atoms with Crippen molar-refractivity contribution < 1.29 is 77.3 Å². The van der Waals surface area contributed by atoms with Crippen molar-refractivity contribution >= 4 is 92.9 Å². The van der Waals surface area contributed by atoms with Crippen LogP contribution in [0.2, 0.25) is 156 Å². The maximum atomic E-state index is 13.1. The molecule has 0 unspecified atom stereocenters. The molecule has 1 heterocycles. The molecule has 1 saturated heterocycles. The second-order valence-electron chi connectivity index (χ2n) is 33.4. The molecule has 98 heavy (non-hydrogen) atoms. The van der Waals surface area contributed by atoms with Gasteiger partial charge >= 0.3 is 25.7 Å². The molecular formula is C71H135NO17Si9.